The van der Waals surface area contributed by atoms with Crippen LogP contribution in [0.4, 0.5) is 17.8 Å². The Balaban J connectivity index is 0.000000169. The van der Waals surface area contributed by atoms with Gasteiger partial charge in [-0.3, -0.25) is 44.0 Å². The number of rotatable bonds is 15. The molecular weight excluding hydrogens is 969 g/mol. The van der Waals surface area contributed by atoms with Gasteiger partial charge in [-0.1, -0.05) is 109 Å². The average Bonchev–Trinajstić information content (AvgIpc) is 3.96. The summed E-state index contributed by atoms with van der Waals surface area (Å²) >= 11 is 0. The molecule has 1 fully saturated rings. The summed E-state index contributed by atoms with van der Waals surface area (Å²) in [6.07, 6.45) is 3.65. The fourth-order valence-corrected chi connectivity index (χ4v) is 9.20. The first-order chi connectivity index (χ1) is 36.2. The van der Waals surface area contributed by atoms with Crippen molar-refractivity contribution in [3.8, 4) is 0 Å². The number of pyridine rings is 3. The number of hydrogen-bond donors (Lipinski definition) is 5. The molecule has 1 aliphatic carbocycles. The standard InChI is InChI=1S/C22H26N4O2.C21H26N4O2.C17H26N4O/c1-14-6-4-7-16(12-14)22(3,28)13-19(27)25-21-24-18-11-10-15(2)23-20(18)26(21)17-8-5-9-17;1-14(2)13-25-19-17(11-10-15(3)22-19)23-20(25)24-18(26)12-21(4,27)16-8-6-5-7-9-16;1-11(2)10-21-15-13(8-7-12(3)18-15)19-16(21)20-14(22)9-17(4,5)6/h4,6-7,10-12,17,28H,5,8-9,13H2,1-3H3,(H,24,25,27);5-11,14,27H,12-13H2,1-4H3,(H,23,24,26);7-8,11H,9-10H2,1-6H3,(H,19,20,22)/t;21-;/m.0./s1. The van der Waals surface area contributed by atoms with Crippen LogP contribution < -0.4 is 16.0 Å². The van der Waals surface area contributed by atoms with Gasteiger partial charge < -0.3 is 10.2 Å². The Morgan fingerprint density at radius 2 is 0.948 bits per heavy atom. The van der Waals surface area contributed by atoms with E-state index in [-0.39, 0.29) is 36.0 Å². The average molecular weight is 1050 g/mol. The molecule has 1 unspecified atom stereocenters. The highest BCUT2D eigenvalue weighted by Gasteiger charge is 2.31. The summed E-state index contributed by atoms with van der Waals surface area (Å²) < 4.78 is 5.99. The minimum Gasteiger partial charge on any atom is -0.385 e. The maximum absolute atomic E-state index is 12.8. The van der Waals surface area contributed by atoms with Gasteiger partial charge in [0.25, 0.3) is 0 Å². The predicted octanol–water partition coefficient (Wildman–Crippen LogP) is 11.4. The van der Waals surface area contributed by atoms with Gasteiger partial charge in [-0.2, -0.15) is 0 Å². The maximum Gasteiger partial charge on any atom is 0.229 e. The second-order valence-corrected chi connectivity index (χ2v) is 23.2. The molecule has 1 aliphatic rings. The van der Waals surface area contributed by atoms with E-state index in [1.54, 1.807) is 13.8 Å². The lowest BCUT2D eigenvalue weighted by molar-refractivity contribution is -0.121. The normalized spacial score (nSPS) is 14.3. The summed E-state index contributed by atoms with van der Waals surface area (Å²) in [5.74, 6) is 1.82. The maximum atomic E-state index is 12.8. The van der Waals surface area contributed by atoms with Gasteiger partial charge in [-0.25, -0.2) is 29.9 Å². The molecule has 408 valence electrons. The zero-order chi connectivity index (χ0) is 56.0. The van der Waals surface area contributed by atoms with E-state index in [2.05, 4.69) is 94.3 Å². The van der Waals surface area contributed by atoms with Crippen molar-refractivity contribution in [2.75, 3.05) is 16.0 Å². The minimum atomic E-state index is -1.25. The van der Waals surface area contributed by atoms with Crippen LogP contribution in [-0.4, -0.2) is 71.5 Å². The van der Waals surface area contributed by atoms with Gasteiger partial charge >= 0.3 is 0 Å². The number of carbonyl (C=O) groups excluding carboxylic acids is 3. The van der Waals surface area contributed by atoms with Crippen LogP contribution in [0, 0.1) is 44.9 Å². The summed E-state index contributed by atoms with van der Waals surface area (Å²) in [7, 11) is 0. The number of benzene rings is 2. The van der Waals surface area contributed by atoms with Crippen molar-refractivity contribution >= 4 is 69.1 Å². The van der Waals surface area contributed by atoms with Crippen LogP contribution in [0.15, 0.2) is 91.0 Å². The molecule has 8 aromatic rings. The third-order valence-corrected chi connectivity index (χ3v) is 13.2. The summed E-state index contributed by atoms with van der Waals surface area (Å²) in [5.41, 5.74) is 7.43. The Morgan fingerprint density at radius 1 is 0.532 bits per heavy atom. The molecule has 0 aliphatic heterocycles. The number of imidazole rings is 3. The number of nitrogens with zero attached hydrogens (tertiary/aromatic N) is 9. The smallest absolute Gasteiger partial charge is 0.229 e. The molecule has 17 heteroatoms. The first-order valence-electron chi connectivity index (χ1n) is 26.8. The van der Waals surface area contributed by atoms with Gasteiger partial charge in [0.2, 0.25) is 35.6 Å². The van der Waals surface area contributed by atoms with Crippen molar-refractivity contribution in [1.82, 2.24) is 43.6 Å². The third-order valence-electron chi connectivity index (χ3n) is 13.2. The molecule has 9 rings (SSSR count). The van der Waals surface area contributed by atoms with Gasteiger partial charge in [-0.05, 0) is 126 Å². The van der Waals surface area contributed by atoms with Gasteiger partial charge in [0.15, 0.2) is 16.9 Å². The van der Waals surface area contributed by atoms with Crippen molar-refractivity contribution in [3.63, 3.8) is 0 Å². The lowest BCUT2D eigenvalue weighted by Crippen LogP contribution is -2.30. The minimum absolute atomic E-state index is 0.00969. The lowest BCUT2D eigenvalue weighted by Gasteiger charge is -2.29. The van der Waals surface area contributed by atoms with Crippen LogP contribution >= 0.6 is 0 Å². The van der Waals surface area contributed by atoms with Crippen LogP contribution in [-0.2, 0) is 38.7 Å². The SMILES string of the molecule is Cc1ccc2nc(NC(=O)CC(C)(C)C)n(CC(C)C)c2n1.Cc1ccc2nc(NC(=O)C[C@](C)(O)c3ccccc3)n(CC(C)C)c2n1.Cc1cccc(C(C)(O)CC(=O)Nc2nc3ccc(C)nc3n2C2CCC2)c1. The number of fused-ring (bicyclic) bond motifs is 3. The highest BCUT2D eigenvalue weighted by atomic mass is 16.3. The molecule has 6 heterocycles. The van der Waals surface area contributed by atoms with E-state index in [1.165, 1.54) is 6.42 Å². The Hall–Kier alpha value is -7.37. The molecule has 2 aromatic carbocycles. The number of hydrogen-bond acceptors (Lipinski definition) is 11. The monoisotopic (exact) mass is 1050 g/mol. The van der Waals surface area contributed by atoms with Crippen LogP contribution in [0.3, 0.4) is 0 Å². The first kappa shape index (κ1) is 57.3. The van der Waals surface area contributed by atoms with Crippen molar-refractivity contribution < 1.29 is 24.6 Å². The van der Waals surface area contributed by atoms with Gasteiger partial charge in [-0.15, -0.1) is 0 Å². The number of anilines is 3. The van der Waals surface area contributed by atoms with Crippen LogP contribution in [0.5, 0.6) is 0 Å². The highest BCUT2D eigenvalue weighted by Crippen LogP contribution is 2.37. The zero-order valence-corrected chi connectivity index (χ0v) is 47.2. The molecule has 0 spiro atoms. The number of nitrogens with one attached hydrogen (secondary N) is 3. The van der Waals surface area contributed by atoms with Crippen LogP contribution in [0.2, 0.25) is 0 Å². The van der Waals surface area contributed by atoms with E-state index in [0.717, 1.165) is 81.1 Å². The molecule has 0 radical (unpaired) electrons. The van der Waals surface area contributed by atoms with Crippen molar-refractivity contribution in [3.05, 3.63) is 125 Å². The van der Waals surface area contributed by atoms with Gasteiger partial charge in [0.1, 0.15) is 16.6 Å². The third kappa shape index (κ3) is 15.0. The summed E-state index contributed by atoms with van der Waals surface area (Å²) in [4.78, 5) is 65.1. The van der Waals surface area contributed by atoms with E-state index in [4.69, 9.17) is 0 Å². The number of amides is 3. The number of aliphatic hydroxyl groups is 2. The Labute approximate surface area is 452 Å². The molecule has 3 amide bonds. The summed E-state index contributed by atoms with van der Waals surface area (Å²) in [5, 5.41) is 30.3. The van der Waals surface area contributed by atoms with Gasteiger partial charge in [0.05, 0.1) is 24.0 Å². The molecular formula is C60H78N12O5. The summed E-state index contributed by atoms with van der Waals surface area (Å²) in [6.45, 7) is 27.2. The highest BCUT2D eigenvalue weighted by molar-refractivity contribution is 5.93. The topological polar surface area (TPSA) is 220 Å². The molecule has 2 atom stereocenters. The molecule has 0 saturated heterocycles. The quantitative estimate of drug-likeness (QED) is 0.0650. The number of carbonyl (C=O) groups is 3. The lowest BCUT2D eigenvalue weighted by atomic mass is 9.91. The van der Waals surface area contributed by atoms with Crippen molar-refractivity contribution in [2.45, 2.75) is 159 Å². The summed E-state index contributed by atoms with van der Waals surface area (Å²) in [6, 6.07) is 28.7. The van der Waals surface area contributed by atoms with Gasteiger partial charge in [0, 0.05) is 42.6 Å². The molecule has 1 saturated carbocycles. The Morgan fingerprint density at radius 3 is 1.39 bits per heavy atom. The Kier molecular flexibility index (Phi) is 17.8. The van der Waals surface area contributed by atoms with Crippen molar-refractivity contribution in [1.29, 1.82) is 0 Å². The number of aromatic nitrogens is 9. The second-order valence-electron chi connectivity index (χ2n) is 23.2. The zero-order valence-electron chi connectivity index (χ0n) is 47.2. The molecule has 17 nitrogen and oxygen atoms in total. The van der Waals surface area contributed by atoms with Crippen LogP contribution in [0.25, 0.3) is 33.5 Å². The van der Waals surface area contributed by atoms with E-state index in [1.807, 2.05) is 132 Å². The van der Waals surface area contributed by atoms with Crippen molar-refractivity contribution in [2.24, 2.45) is 17.3 Å². The molecule has 77 heavy (non-hydrogen) atoms. The van der Waals surface area contributed by atoms with E-state index >= 15 is 0 Å². The Bertz CT molecular complexity index is 3360. The van der Waals surface area contributed by atoms with E-state index in [9.17, 15) is 24.6 Å². The molecule has 0 bridgehead atoms. The second kappa shape index (κ2) is 23.9. The fourth-order valence-electron chi connectivity index (χ4n) is 9.20. The van der Waals surface area contributed by atoms with E-state index < -0.39 is 11.2 Å². The number of aryl methyl sites for hydroxylation is 4. The fraction of sp³-hybridized carbons (Fsp3) is 0.450. The van der Waals surface area contributed by atoms with E-state index in [0.29, 0.717) is 54.3 Å². The molecule has 5 N–H and O–H groups in total. The predicted molar refractivity (Wildman–Crippen MR) is 305 cm³/mol. The van der Waals surface area contributed by atoms with Crippen LogP contribution in [0.1, 0.15) is 141 Å². The largest absolute Gasteiger partial charge is 0.385 e. The molecule has 6 aromatic heterocycles. The first-order valence-corrected chi connectivity index (χ1v) is 26.8.